The highest BCUT2D eigenvalue weighted by atomic mass is 32.1. The second-order valence-electron chi connectivity index (χ2n) is 4.41. The first-order chi connectivity index (χ1) is 8.22. The molecule has 0 saturated carbocycles. The summed E-state index contributed by atoms with van der Waals surface area (Å²) in [6, 6.07) is 1.72. The van der Waals surface area contributed by atoms with Crippen molar-refractivity contribution in [2.45, 2.75) is 31.3 Å². The molecule has 90 valence electrons. The molecule has 17 heavy (non-hydrogen) atoms. The Morgan fingerprint density at radius 3 is 3.18 bits per heavy atom. The van der Waals surface area contributed by atoms with E-state index in [4.69, 9.17) is 4.74 Å². The number of fused-ring (bicyclic) bond motifs is 3. The van der Waals surface area contributed by atoms with Gasteiger partial charge in [-0.15, -0.1) is 11.3 Å². The van der Waals surface area contributed by atoms with E-state index < -0.39 is 6.04 Å². The van der Waals surface area contributed by atoms with Crippen molar-refractivity contribution >= 4 is 23.2 Å². The minimum Gasteiger partial charge on any atom is -0.467 e. The highest BCUT2D eigenvalue weighted by molar-refractivity contribution is 7.10. The fourth-order valence-electron chi connectivity index (χ4n) is 2.80. The summed E-state index contributed by atoms with van der Waals surface area (Å²) in [5.41, 5.74) is 1.20. The van der Waals surface area contributed by atoms with Crippen LogP contribution in [0.2, 0.25) is 0 Å². The number of amides is 1. The van der Waals surface area contributed by atoms with Crippen molar-refractivity contribution < 1.29 is 14.3 Å². The van der Waals surface area contributed by atoms with Gasteiger partial charge in [0.25, 0.3) is 0 Å². The minimum atomic E-state index is -0.429. The van der Waals surface area contributed by atoms with Gasteiger partial charge in [-0.05, 0) is 23.4 Å². The van der Waals surface area contributed by atoms with Crippen LogP contribution in [0, 0.1) is 0 Å². The Hall–Kier alpha value is -1.36. The lowest BCUT2D eigenvalue weighted by atomic mass is 9.96. The number of hydrogen-bond acceptors (Lipinski definition) is 4. The molecular weight excluding hydrogens is 238 g/mol. The van der Waals surface area contributed by atoms with Gasteiger partial charge in [-0.2, -0.15) is 0 Å². The van der Waals surface area contributed by atoms with Crippen molar-refractivity contribution in [1.29, 1.82) is 0 Å². The zero-order valence-electron chi connectivity index (χ0n) is 9.51. The number of esters is 1. The van der Waals surface area contributed by atoms with Crippen LogP contribution in [0.1, 0.15) is 29.3 Å². The van der Waals surface area contributed by atoms with Gasteiger partial charge in [-0.3, -0.25) is 4.79 Å². The van der Waals surface area contributed by atoms with Gasteiger partial charge in [0.05, 0.1) is 13.2 Å². The lowest BCUT2D eigenvalue weighted by molar-refractivity contribution is -0.153. The molecule has 0 spiro atoms. The zero-order chi connectivity index (χ0) is 12.0. The molecule has 1 fully saturated rings. The molecule has 1 amide bonds. The predicted molar refractivity (Wildman–Crippen MR) is 62.6 cm³/mol. The smallest absolute Gasteiger partial charge is 0.328 e. The summed E-state index contributed by atoms with van der Waals surface area (Å²) >= 11 is 1.68. The van der Waals surface area contributed by atoms with Crippen LogP contribution in [0.3, 0.4) is 0 Å². The molecule has 3 heterocycles. The summed E-state index contributed by atoms with van der Waals surface area (Å²) in [7, 11) is 1.38. The maximum Gasteiger partial charge on any atom is 0.328 e. The van der Waals surface area contributed by atoms with Crippen molar-refractivity contribution in [3.8, 4) is 0 Å². The van der Waals surface area contributed by atoms with Crippen LogP contribution in [0.4, 0.5) is 0 Å². The molecule has 0 bridgehead atoms. The Bertz CT molecular complexity index is 482. The predicted octanol–water partition coefficient (Wildman–Crippen LogP) is 1.51. The molecule has 0 aliphatic carbocycles. The molecule has 2 aliphatic rings. The molecule has 5 heteroatoms. The van der Waals surface area contributed by atoms with Crippen molar-refractivity contribution in [3.63, 3.8) is 0 Å². The Kier molecular flexibility index (Phi) is 2.43. The molecule has 1 aromatic heterocycles. The summed E-state index contributed by atoms with van der Waals surface area (Å²) in [6.45, 7) is 0. The number of carbonyl (C=O) groups is 2. The molecule has 3 rings (SSSR count). The molecule has 1 saturated heterocycles. The van der Waals surface area contributed by atoms with Gasteiger partial charge >= 0.3 is 5.97 Å². The zero-order valence-corrected chi connectivity index (χ0v) is 10.3. The average molecular weight is 251 g/mol. The summed E-state index contributed by atoms with van der Waals surface area (Å²) in [4.78, 5) is 26.6. The molecule has 2 atom stereocenters. The van der Waals surface area contributed by atoms with Crippen LogP contribution in [0.25, 0.3) is 0 Å². The maximum absolute atomic E-state index is 11.9. The first-order valence-electron chi connectivity index (χ1n) is 5.67. The van der Waals surface area contributed by atoms with Crippen molar-refractivity contribution in [3.05, 3.63) is 21.9 Å². The van der Waals surface area contributed by atoms with Gasteiger partial charge in [-0.25, -0.2) is 4.79 Å². The van der Waals surface area contributed by atoms with E-state index in [9.17, 15) is 9.59 Å². The van der Waals surface area contributed by atoms with Gasteiger partial charge < -0.3 is 9.64 Å². The number of rotatable bonds is 1. The molecule has 0 N–H and O–H groups in total. The van der Waals surface area contributed by atoms with Gasteiger partial charge in [-0.1, -0.05) is 0 Å². The van der Waals surface area contributed by atoms with Crippen molar-refractivity contribution in [2.24, 2.45) is 0 Å². The highest BCUT2D eigenvalue weighted by Crippen LogP contribution is 2.43. The summed E-state index contributed by atoms with van der Waals surface area (Å²) < 4.78 is 4.81. The second-order valence-corrected chi connectivity index (χ2v) is 5.36. The van der Waals surface area contributed by atoms with E-state index in [0.29, 0.717) is 12.8 Å². The van der Waals surface area contributed by atoms with Crippen LogP contribution in [0.5, 0.6) is 0 Å². The van der Waals surface area contributed by atoms with E-state index in [0.717, 1.165) is 6.42 Å². The first kappa shape index (κ1) is 10.8. The minimum absolute atomic E-state index is 0.0736. The number of carbonyl (C=O) groups excluding carboxylic acids is 2. The van der Waals surface area contributed by atoms with Crippen LogP contribution >= 0.6 is 11.3 Å². The fourth-order valence-corrected chi connectivity index (χ4v) is 3.87. The quantitative estimate of drug-likeness (QED) is 0.711. The van der Waals surface area contributed by atoms with Gasteiger partial charge in [0.1, 0.15) is 6.04 Å². The third-order valence-electron chi connectivity index (χ3n) is 3.56. The number of nitrogens with zero attached hydrogens (tertiary/aromatic N) is 1. The van der Waals surface area contributed by atoms with E-state index in [-0.39, 0.29) is 17.9 Å². The molecule has 2 aliphatic heterocycles. The van der Waals surface area contributed by atoms with Crippen LogP contribution in [-0.2, 0) is 20.7 Å². The Balaban J connectivity index is 2.03. The van der Waals surface area contributed by atoms with E-state index in [1.54, 1.807) is 16.2 Å². The largest absolute Gasteiger partial charge is 0.467 e. The lowest BCUT2D eigenvalue weighted by Gasteiger charge is -2.35. The average Bonchev–Trinajstić information content (AvgIpc) is 2.93. The van der Waals surface area contributed by atoms with E-state index in [1.807, 2.05) is 5.38 Å². The normalized spacial score (nSPS) is 26.6. The van der Waals surface area contributed by atoms with Crippen LogP contribution in [-0.4, -0.2) is 29.9 Å². The molecule has 1 aromatic rings. The third kappa shape index (κ3) is 1.49. The number of hydrogen-bond donors (Lipinski definition) is 0. The van der Waals surface area contributed by atoms with Crippen molar-refractivity contribution in [1.82, 2.24) is 4.90 Å². The lowest BCUT2D eigenvalue weighted by Crippen LogP contribution is -2.47. The Morgan fingerprint density at radius 2 is 2.41 bits per heavy atom. The monoisotopic (exact) mass is 251 g/mol. The Labute approximate surface area is 103 Å². The topological polar surface area (TPSA) is 46.6 Å². The highest BCUT2D eigenvalue weighted by Gasteiger charge is 2.45. The SMILES string of the molecule is COC(=O)[C@H]1Cc2ccsc2[C@@H]2CCC(=O)N12. The standard InChI is InChI=1S/C12H13NO3S/c1-16-12(15)9-6-7-4-5-17-11(7)8-2-3-10(14)13(8)9/h4-5,8-9H,2-3,6H2,1H3/t8-,9+/m0/s1. The molecule has 4 nitrogen and oxygen atoms in total. The second kappa shape index (κ2) is 3.84. The number of thiophene rings is 1. The van der Waals surface area contributed by atoms with E-state index >= 15 is 0 Å². The van der Waals surface area contributed by atoms with Crippen LogP contribution < -0.4 is 0 Å². The van der Waals surface area contributed by atoms with Gasteiger partial charge in [0, 0.05) is 17.7 Å². The van der Waals surface area contributed by atoms with E-state index in [1.165, 1.54) is 17.6 Å². The number of ether oxygens (including phenoxy) is 1. The molecular formula is C12H13NO3S. The van der Waals surface area contributed by atoms with Crippen LogP contribution in [0.15, 0.2) is 11.4 Å². The maximum atomic E-state index is 11.9. The van der Waals surface area contributed by atoms with Gasteiger partial charge in [0.15, 0.2) is 0 Å². The summed E-state index contributed by atoms with van der Waals surface area (Å²) in [5.74, 6) is -0.230. The molecule has 0 aromatic carbocycles. The van der Waals surface area contributed by atoms with Gasteiger partial charge in [0.2, 0.25) is 5.91 Å². The summed E-state index contributed by atoms with van der Waals surface area (Å²) in [5, 5.41) is 2.03. The molecule has 0 radical (unpaired) electrons. The van der Waals surface area contributed by atoms with Crippen molar-refractivity contribution in [2.75, 3.05) is 7.11 Å². The van der Waals surface area contributed by atoms with E-state index in [2.05, 4.69) is 6.07 Å². The first-order valence-corrected chi connectivity index (χ1v) is 6.55. The molecule has 0 unspecified atom stereocenters. The Morgan fingerprint density at radius 1 is 1.59 bits per heavy atom. The summed E-state index contributed by atoms with van der Waals surface area (Å²) in [6.07, 6.45) is 1.95. The fraction of sp³-hybridized carbons (Fsp3) is 0.500. The third-order valence-corrected chi connectivity index (χ3v) is 4.62. The number of methoxy groups -OCH3 is 1.